The summed E-state index contributed by atoms with van der Waals surface area (Å²) in [5.74, 6) is 0. The molecule has 1 atom stereocenters. The summed E-state index contributed by atoms with van der Waals surface area (Å²) < 4.78 is 1.06. The van der Waals surface area contributed by atoms with Crippen LogP contribution in [0.25, 0.3) is 0 Å². The summed E-state index contributed by atoms with van der Waals surface area (Å²) in [6.45, 7) is 2.85. The maximum atomic E-state index is 12.8. The van der Waals surface area contributed by atoms with Crippen molar-refractivity contribution in [3.8, 4) is 0 Å². The van der Waals surface area contributed by atoms with Crippen LogP contribution in [0.5, 0.6) is 0 Å². The first-order chi connectivity index (χ1) is 11.1. The Balaban J connectivity index is 1.78. The van der Waals surface area contributed by atoms with Gasteiger partial charge >= 0.3 is 6.03 Å². The predicted octanol–water partition coefficient (Wildman–Crippen LogP) is 5.97. The highest BCUT2D eigenvalue weighted by molar-refractivity contribution is 9.10. The van der Waals surface area contributed by atoms with Crippen molar-refractivity contribution < 1.29 is 4.79 Å². The monoisotopic (exact) mass is 392 g/mol. The number of nitrogens with zero attached hydrogens (tertiary/aromatic N) is 1. The number of rotatable bonds is 2. The van der Waals surface area contributed by atoms with Crippen molar-refractivity contribution in [2.75, 3.05) is 11.9 Å². The maximum Gasteiger partial charge on any atom is 0.322 e. The second-order valence-corrected chi connectivity index (χ2v) is 7.80. The Morgan fingerprint density at radius 3 is 2.91 bits per heavy atom. The van der Waals surface area contributed by atoms with Crippen LogP contribution in [0.1, 0.15) is 42.2 Å². The smallest absolute Gasteiger partial charge is 0.317 e. The van der Waals surface area contributed by atoms with E-state index < -0.39 is 0 Å². The molecular formula is C18H21BrN2OS. The van der Waals surface area contributed by atoms with E-state index in [1.807, 2.05) is 30.0 Å². The van der Waals surface area contributed by atoms with E-state index in [1.54, 1.807) is 11.3 Å². The zero-order valence-corrected chi connectivity index (χ0v) is 15.6. The van der Waals surface area contributed by atoms with Crippen LogP contribution in [-0.2, 0) is 0 Å². The van der Waals surface area contributed by atoms with Crippen LogP contribution in [0, 0.1) is 6.92 Å². The molecule has 1 N–H and O–H groups in total. The molecule has 0 saturated carbocycles. The van der Waals surface area contributed by atoms with Crippen LogP contribution in [0.2, 0.25) is 0 Å². The molecule has 5 heteroatoms. The zero-order valence-electron chi connectivity index (χ0n) is 13.2. The number of benzene rings is 1. The SMILES string of the molecule is Cc1cc(NC(=O)N2CCCCC[C@H]2c2cccs2)ccc1Br. The maximum absolute atomic E-state index is 12.8. The van der Waals surface area contributed by atoms with Gasteiger partial charge in [-0.15, -0.1) is 11.3 Å². The topological polar surface area (TPSA) is 32.3 Å². The van der Waals surface area contributed by atoms with Gasteiger partial charge in [0.05, 0.1) is 6.04 Å². The minimum atomic E-state index is 0.00650. The van der Waals surface area contributed by atoms with Crippen LogP contribution in [-0.4, -0.2) is 17.5 Å². The Bertz CT molecular complexity index is 672. The Morgan fingerprint density at radius 2 is 2.17 bits per heavy atom. The van der Waals surface area contributed by atoms with E-state index in [9.17, 15) is 4.79 Å². The molecule has 0 radical (unpaired) electrons. The molecule has 1 aromatic heterocycles. The Hall–Kier alpha value is -1.33. The molecule has 1 aliphatic rings. The molecule has 2 heterocycles. The van der Waals surface area contributed by atoms with Gasteiger partial charge < -0.3 is 10.2 Å². The van der Waals surface area contributed by atoms with Gasteiger partial charge in [-0.25, -0.2) is 4.79 Å². The highest BCUT2D eigenvalue weighted by Gasteiger charge is 2.27. The molecule has 1 fully saturated rings. The van der Waals surface area contributed by atoms with Crippen LogP contribution in [0.4, 0.5) is 10.5 Å². The summed E-state index contributed by atoms with van der Waals surface area (Å²) in [5.41, 5.74) is 1.97. The molecule has 122 valence electrons. The fraction of sp³-hybridized carbons (Fsp3) is 0.389. The first-order valence-corrected chi connectivity index (χ1v) is 9.69. The molecule has 3 nitrogen and oxygen atoms in total. The molecule has 1 aromatic carbocycles. The van der Waals surface area contributed by atoms with Crippen molar-refractivity contribution in [1.29, 1.82) is 0 Å². The third-order valence-electron chi connectivity index (χ3n) is 4.29. The number of carbonyl (C=O) groups excluding carboxylic acids is 1. The number of halogens is 1. The highest BCUT2D eigenvalue weighted by Crippen LogP contribution is 2.33. The number of carbonyl (C=O) groups is 1. The first kappa shape index (κ1) is 16.5. The third kappa shape index (κ3) is 3.96. The second-order valence-electron chi connectivity index (χ2n) is 5.97. The van der Waals surface area contributed by atoms with E-state index in [4.69, 9.17) is 0 Å². The predicted molar refractivity (Wildman–Crippen MR) is 100 cm³/mol. The number of anilines is 1. The highest BCUT2D eigenvalue weighted by atomic mass is 79.9. The lowest BCUT2D eigenvalue weighted by Crippen LogP contribution is -2.37. The molecule has 0 bridgehead atoms. The molecule has 23 heavy (non-hydrogen) atoms. The van der Waals surface area contributed by atoms with Gasteiger partial charge in [0.15, 0.2) is 0 Å². The van der Waals surface area contributed by atoms with Gasteiger partial charge in [-0.1, -0.05) is 34.8 Å². The van der Waals surface area contributed by atoms with Gasteiger partial charge in [-0.05, 0) is 55.0 Å². The summed E-state index contributed by atoms with van der Waals surface area (Å²) >= 11 is 5.24. The minimum absolute atomic E-state index is 0.00650. The summed E-state index contributed by atoms with van der Waals surface area (Å²) in [5, 5.41) is 5.16. The van der Waals surface area contributed by atoms with Gasteiger partial charge in [0.2, 0.25) is 0 Å². The molecule has 2 amide bonds. The zero-order chi connectivity index (χ0) is 16.2. The largest absolute Gasteiger partial charge is 0.322 e. The lowest BCUT2D eigenvalue weighted by molar-refractivity contribution is 0.190. The van der Waals surface area contributed by atoms with Crippen LogP contribution >= 0.6 is 27.3 Å². The van der Waals surface area contributed by atoms with Gasteiger partial charge in [0, 0.05) is 21.6 Å². The van der Waals surface area contributed by atoms with E-state index in [-0.39, 0.29) is 12.1 Å². The summed E-state index contributed by atoms with van der Waals surface area (Å²) in [6.07, 6.45) is 4.51. The van der Waals surface area contributed by atoms with Crippen molar-refractivity contribution in [3.63, 3.8) is 0 Å². The fourth-order valence-corrected chi connectivity index (χ4v) is 4.17. The third-order valence-corrected chi connectivity index (χ3v) is 6.16. The van der Waals surface area contributed by atoms with Crippen LogP contribution < -0.4 is 5.32 Å². The Morgan fingerprint density at radius 1 is 1.30 bits per heavy atom. The molecule has 0 unspecified atom stereocenters. The van der Waals surface area contributed by atoms with E-state index in [0.29, 0.717) is 0 Å². The summed E-state index contributed by atoms with van der Waals surface area (Å²) in [6, 6.07) is 10.3. The molecule has 0 aliphatic carbocycles. The van der Waals surface area contributed by atoms with Crippen molar-refractivity contribution in [1.82, 2.24) is 4.90 Å². The number of hydrogen-bond donors (Lipinski definition) is 1. The van der Waals surface area contributed by atoms with Crippen molar-refractivity contribution in [2.45, 2.75) is 38.6 Å². The van der Waals surface area contributed by atoms with Crippen molar-refractivity contribution in [2.24, 2.45) is 0 Å². The van der Waals surface area contributed by atoms with E-state index in [2.05, 4.69) is 38.8 Å². The van der Waals surface area contributed by atoms with Crippen molar-refractivity contribution in [3.05, 3.63) is 50.6 Å². The van der Waals surface area contributed by atoms with Crippen LogP contribution in [0.3, 0.4) is 0 Å². The van der Waals surface area contributed by atoms with Gasteiger partial charge in [-0.3, -0.25) is 0 Å². The number of thiophene rings is 1. The first-order valence-electron chi connectivity index (χ1n) is 8.02. The fourth-order valence-electron chi connectivity index (χ4n) is 3.05. The molecule has 2 aromatic rings. The van der Waals surface area contributed by atoms with Gasteiger partial charge in [0.1, 0.15) is 0 Å². The average Bonchev–Trinajstić information content (AvgIpc) is 2.95. The van der Waals surface area contributed by atoms with Gasteiger partial charge in [-0.2, -0.15) is 0 Å². The summed E-state index contributed by atoms with van der Waals surface area (Å²) in [4.78, 5) is 16.1. The number of amides is 2. The molecule has 3 rings (SSSR count). The Kier molecular flexibility index (Phi) is 5.38. The number of hydrogen-bond acceptors (Lipinski definition) is 2. The van der Waals surface area contributed by atoms with E-state index in [0.717, 1.165) is 35.1 Å². The number of urea groups is 1. The second kappa shape index (κ2) is 7.49. The molecule has 1 saturated heterocycles. The quantitative estimate of drug-likeness (QED) is 0.670. The standard InChI is InChI=1S/C18H21BrN2OS/c1-13-12-14(8-9-15(13)19)20-18(22)21-10-4-2-3-6-16(21)17-7-5-11-23-17/h5,7-9,11-12,16H,2-4,6,10H2,1H3,(H,20,22)/t16-/m0/s1. The number of likely N-dealkylation sites (tertiary alicyclic amines) is 1. The summed E-state index contributed by atoms with van der Waals surface area (Å²) in [7, 11) is 0. The van der Waals surface area contributed by atoms with E-state index >= 15 is 0 Å². The van der Waals surface area contributed by atoms with E-state index in [1.165, 1.54) is 17.7 Å². The van der Waals surface area contributed by atoms with Crippen LogP contribution in [0.15, 0.2) is 40.2 Å². The minimum Gasteiger partial charge on any atom is -0.317 e. The van der Waals surface area contributed by atoms with Gasteiger partial charge in [0.25, 0.3) is 0 Å². The Labute approximate surface area is 149 Å². The van der Waals surface area contributed by atoms with Crippen molar-refractivity contribution >= 4 is 39.0 Å². The average molecular weight is 393 g/mol. The lowest BCUT2D eigenvalue weighted by Gasteiger charge is -2.29. The lowest BCUT2D eigenvalue weighted by atomic mass is 10.1. The number of aryl methyl sites for hydroxylation is 1. The molecule has 1 aliphatic heterocycles. The molecule has 0 spiro atoms. The number of nitrogens with one attached hydrogen (secondary N) is 1. The molecular weight excluding hydrogens is 372 g/mol. The normalized spacial score (nSPS) is 18.5.